The summed E-state index contributed by atoms with van der Waals surface area (Å²) >= 11 is 6.37. The SMILES string of the molecule is C#CCN1CCCCC1C(=O)NCC(c1c(F)cccc1Cl)N1CCOC(C)C1. The molecule has 7 heteroatoms. The van der Waals surface area contributed by atoms with Crippen molar-refractivity contribution in [1.82, 2.24) is 15.1 Å². The fraction of sp³-hybridized carbons (Fsp3) is 0.591. The maximum Gasteiger partial charge on any atom is 0.237 e. The van der Waals surface area contributed by atoms with Crippen molar-refractivity contribution in [3.63, 3.8) is 0 Å². The van der Waals surface area contributed by atoms with Gasteiger partial charge < -0.3 is 10.1 Å². The minimum Gasteiger partial charge on any atom is -0.376 e. The van der Waals surface area contributed by atoms with E-state index in [-0.39, 0.29) is 36.5 Å². The molecule has 1 amide bonds. The third-order valence-corrected chi connectivity index (χ3v) is 6.06. The summed E-state index contributed by atoms with van der Waals surface area (Å²) < 4.78 is 20.3. The van der Waals surface area contributed by atoms with Crippen LogP contribution in [0.15, 0.2) is 18.2 Å². The summed E-state index contributed by atoms with van der Waals surface area (Å²) in [5.74, 6) is 2.23. The highest BCUT2D eigenvalue weighted by Gasteiger charge is 2.32. The normalized spacial score (nSPS) is 24.6. The number of piperidine rings is 1. The molecule has 0 bridgehead atoms. The molecule has 2 saturated heterocycles. The van der Waals surface area contributed by atoms with Crippen LogP contribution < -0.4 is 5.32 Å². The molecular formula is C22H29ClFN3O2. The van der Waals surface area contributed by atoms with Crippen molar-refractivity contribution < 1.29 is 13.9 Å². The molecule has 0 radical (unpaired) electrons. The molecule has 2 aliphatic heterocycles. The summed E-state index contributed by atoms with van der Waals surface area (Å²) in [5.41, 5.74) is 0.424. The number of likely N-dealkylation sites (tertiary alicyclic amines) is 1. The van der Waals surface area contributed by atoms with Gasteiger partial charge in [-0.1, -0.05) is 30.0 Å². The second-order valence-corrected chi connectivity index (χ2v) is 8.17. The van der Waals surface area contributed by atoms with E-state index in [9.17, 15) is 9.18 Å². The van der Waals surface area contributed by atoms with Gasteiger partial charge in [0.25, 0.3) is 0 Å². The molecule has 2 heterocycles. The lowest BCUT2D eigenvalue weighted by Crippen LogP contribution is -2.52. The zero-order valence-corrected chi connectivity index (χ0v) is 17.6. The van der Waals surface area contributed by atoms with Crippen molar-refractivity contribution in [2.75, 3.05) is 39.3 Å². The number of carbonyl (C=O) groups is 1. The highest BCUT2D eigenvalue weighted by molar-refractivity contribution is 6.31. The largest absolute Gasteiger partial charge is 0.376 e. The van der Waals surface area contributed by atoms with Gasteiger partial charge in [0.05, 0.1) is 31.3 Å². The lowest BCUT2D eigenvalue weighted by molar-refractivity contribution is -0.127. The van der Waals surface area contributed by atoms with E-state index >= 15 is 0 Å². The first-order valence-electron chi connectivity index (χ1n) is 10.3. The van der Waals surface area contributed by atoms with Gasteiger partial charge in [-0.3, -0.25) is 14.6 Å². The fourth-order valence-electron chi connectivity index (χ4n) is 4.28. The highest BCUT2D eigenvalue weighted by atomic mass is 35.5. The molecule has 0 aromatic heterocycles. The van der Waals surface area contributed by atoms with Crippen LogP contribution in [0.5, 0.6) is 0 Å². The zero-order chi connectivity index (χ0) is 20.8. The summed E-state index contributed by atoms with van der Waals surface area (Å²) in [7, 11) is 0. The molecule has 158 valence electrons. The molecule has 1 N–H and O–H groups in total. The van der Waals surface area contributed by atoms with Gasteiger partial charge in [-0.15, -0.1) is 6.42 Å². The quantitative estimate of drug-likeness (QED) is 0.717. The number of nitrogens with zero attached hydrogens (tertiary/aromatic N) is 2. The topological polar surface area (TPSA) is 44.8 Å². The number of rotatable bonds is 6. The summed E-state index contributed by atoms with van der Waals surface area (Å²) in [6, 6.07) is 4.10. The first kappa shape index (κ1) is 22.0. The van der Waals surface area contributed by atoms with Crippen LogP contribution in [0.25, 0.3) is 0 Å². The molecule has 0 saturated carbocycles. The second kappa shape index (κ2) is 10.4. The van der Waals surface area contributed by atoms with Crippen LogP contribution in [0, 0.1) is 18.2 Å². The molecule has 3 atom stereocenters. The maximum absolute atomic E-state index is 14.7. The lowest BCUT2D eigenvalue weighted by atomic mass is 10.00. The van der Waals surface area contributed by atoms with Gasteiger partial charge >= 0.3 is 0 Å². The van der Waals surface area contributed by atoms with Crippen LogP contribution in [0.3, 0.4) is 0 Å². The van der Waals surface area contributed by atoms with E-state index in [1.54, 1.807) is 12.1 Å². The Hall–Kier alpha value is -1.65. The minimum atomic E-state index is -0.359. The number of terminal acetylenes is 1. The maximum atomic E-state index is 14.7. The molecule has 1 aromatic carbocycles. The second-order valence-electron chi connectivity index (χ2n) is 7.76. The third kappa shape index (κ3) is 5.49. The van der Waals surface area contributed by atoms with Gasteiger partial charge in [-0.2, -0.15) is 0 Å². The Kier molecular flexibility index (Phi) is 7.91. The van der Waals surface area contributed by atoms with E-state index in [1.807, 2.05) is 11.8 Å². The Morgan fingerprint density at radius 3 is 3.00 bits per heavy atom. The average Bonchev–Trinajstić information content (AvgIpc) is 2.70. The van der Waals surface area contributed by atoms with E-state index < -0.39 is 0 Å². The van der Waals surface area contributed by atoms with Crippen LogP contribution in [-0.4, -0.2) is 67.2 Å². The highest BCUT2D eigenvalue weighted by Crippen LogP contribution is 2.31. The van der Waals surface area contributed by atoms with E-state index in [1.165, 1.54) is 6.07 Å². The number of amides is 1. The zero-order valence-electron chi connectivity index (χ0n) is 16.9. The average molecular weight is 422 g/mol. The number of carbonyl (C=O) groups excluding carboxylic acids is 1. The van der Waals surface area contributed by atoms with Gasteiger partial charge in [-0.05, 0) is 38.4 Å². The Morgan fingerprint density at radius 2 is 2.28 bits per heavy atom. The molecule has 3 unspecified atom stereocenters. The first-order valence-corrected chi connectivity index (χ1v) is 10.6. The summed E-state index contributed by atoms with van der Waals surface area (Å²) in [6.07, 6.45) is 8.34. The van der Waals surface area contributed by atoms with Crippen molar-refractivity contribution >= 4 is 17.5 Å². The van der Waals surface area contributed by atoms with Crippen LogP contribution in [0.1, 0.15) is 37.8 Å². The Bertz CT molecular complexity index is 734. The molecule has 5 nitrogen and oxygen atoms in total. The predicted octanol–water partition coefficient (Wildman–Crippen LogP) is 2.84. The van der Waals surface area contributed by atoms with Crippen LogP contribution in [0.2, 0.25) is 5.02 Å². The van der Waals surface area contributed by atoms with E-state index in [2.05, 4.69) is 16.1 Å². The molecule has 3 rings (SSSR count). The Balaban J connectivity index is 1.76. The molecule has 0 spiro atoms. The van der Waals surface area contributed by atoms with Crippen molar-refractivity contribution in [3.05, 3.63) is 34.6 Å². The molecule has 0 aliphatic carbocycles. The van der Waals surface area contributed by atoms with Gasteiger partial charge in [-0.25, -0.2) is 4.39 Å². The number of halogens is 2. The number of nitrogens with one attached hydrogen (secondary N) is 1. The molecule has 1 aromatic rings. The molecular weight excluding hydrogens is 393 g/mol. The van der Waals surface area contributed by atoms with Crippen LogP contribution in [-0.2, 0) is 9.53 Å². The number of morpholine rings is 1. The van der Waals surface area contributed by atoms with Gasteiger partial charge in [0.15, 0.2) is 0 Å². The fourth-order valence-corrected chi connectivity index (χ4v) is 4.57. The Morgan fingerprint density at radius 1 is 1.45 bits per heavy atom. The smallest absolute Gasteiger partial charge is 0.237 e. The van der Waals surface area contributed by atoms with E-state index in [0.29, 0.717) is 36.8 Å². The predicted molar refractivity (Wildman–Crippen MR) is 112 cm³/mol. The first-order chi connectivity index (χ1) is 14.0. The summed E-state index contributed by atoms with van der Waals surface area (Å²) in [5, 5.41) is 3.42. The van der Waals surface area contributed by atoms with Gasteiger partial charge in [0, 0.05) is 30.2 Å². The van der Waals surface area contributed by atoms with E-state index in [0.717, 1.165) is 25.8 Å². The van der Waals surface area contributed by atoms with Crippen molar-refractivity contribution in [3.8, 4) is 12.3 Å². The van der Waals surface area contributed by atoms with Gasteiger partial charge in [0.2, 0.25) is 5.91 Å². The van der Waals surface area contributed by atoms with Crippen molar-refractivity contribution in [2.24, 2.45) is 0 Å². The number of benzene rings is 1. The van der Waals surface area contributed by atoms with Gasteiger partial charge in [0.1, 0.15) is 5.82 Å². The third-order valence-electron chi connectivity index (χ3n) is 5.73. The van der Waals surface area contributed by atoms with E-state index in [4.69, 9.17) is 22.8 Å². The number of ether oxygens (including phenoxy) is 1. The molecule has 2 fully saturated rings. The minimum absolute atomic E-state index is 0.0389. The number of hydrogen-bond acceptors (Lipinski definition) is 4. The standard InChI is InChI=1S/C22H29ClFN3O2/c1-3-10-26-11-5-4-9-19(26)22(28)25-14-20(27-12-13-29-16(2)15-27)21-17(23)7-6-8-18(21)24/h1,6-8,16,19-20H,4-5,9-15H2,2H3,(H,25,28). The summed E-state index contributed by atoms with van der Waals surface area (Å²) in [4.78, 5) is 17.1. The number of hydrogen-bond donors (Lipinski definition) is 1. The monoisotopic (exact) mass is 421 g/mol. The molecule has 29 heavy (non-hydrogen) atoms. The van der Waals surface area contributed by atoms with Crippen LogP contribution in [0.4, 0.5) is 4.39 Å². The van der Waals surface area contributed by atoms with Crippen molar-refractivity contribution in [2.45, 2.75) is 44.4 Å². The van der Waals surface area contributed by atoms with Crippen molar-refractivity contribution in [1.29, 1.82) is 0 Å². The van der Waals surface area contributed by atoms with Crippen LogP contribution >= 0.6 is 11.6 Å². The summed E-state index contributed by atoms with van der Waals surface area (Å²) in [6.45, 7) is 5.43. The lowest BCUT2D eigenvalue weighted by Gasteiger charge is -2.38. The Labute approximate surface area is 177 Å². The molecule has 2 aliphatic rings.